The van der Waals surface area contributed by atoms with Gasteiger partial charge in [-0.2, -0.15) is 0 Å². The van der Waals surface area contributed by atoms with Crippen LogP contribution in [0.1, 0.15) is 33.4 Å². The van der Waals surface area contributed by atoms with E-state index in [1.807, 2.05) is 0 Å². The Kier molecular flexibility index (Phi) is 10.7. The van der Waals surface area contributed by atoms with Crippen molar-refractivity contribution in [3.8, 4) is 0 Å². The Bertz CT molecular complexity index is 3900. The molecule has 0 saturated carbocycles. The van der Waals surface area contributed by atoms with Crippen LogP contribution in [-0.4, -0.2) is 0 Å². The lowest BCUT2D eigenvalue weighted by Gasteiger charge is -2.31. The van der Waals surface area contributed by atoms with Crippen LogP contribution < -0.4 is 9.80 Å². The minimum atomic E-state index is 1.10. The molecule has 0 radical (unpaired) electrons. The first-order valence-corrected chi connectivity index (χ1v) is 24.9. The number of fused-ring (bicyclic) bond motifs is 6. The topological polar surface area (TPSA) is 6.48 Å². The van der Waals surface area contributed by atoms with Crippen LogP contribution in [0.25, 0.3) is 88.9 Å². The molecule has 0 N–H and O–H groups in total. The second kappa shape index (κ2) is 17.9. The number of hydrogen-bond donors (Lipinski definition) is 0. The average molecular weight is 919 g/mol. The fourth-order valence-corrected chi connectivity index (χ4v) is 11.0. The van der Waals surface area contributed by atoms with Crippen molar-refractivity contribution in [3.63, 3.8) is 0 Å². The predicted octanol–water partition coefficient (Wildman–Crippen LogP) is 19.9. The molecule has 13 aromatic carbocycles. The van der Waals surface area contributed by atoms with Crippen LogP contribution in [0.4, 0.5) is 34.1 Å². The summed E-state index contributed by atoms with van der Waals surface area (Å²) in [5.74, 6) is 0. The summed E-state index contributed by atoms with van der Waals surface area (Å²) in [6, 6.07) is 89.2. The van der Waals surface area contributed by atoms with E-state index in [4.69, 9.17) is 0 Å². The number of benzene rings is 13. The molecule has 0 unspecified atom stereocenters. The van der Waals surface area contributed by atoms with E-state index in [1.54, 1.807) is 0 Å². The van der Waals surface area contributed by atoms with Gasteiger partial charge in [0.2, 0.25) is 0 Å². The van der Waals surface area contributed by atoms with Crippen LogP contribution in [0.3, 0.4) is 0 Å². The third-order valence-corrected chi connectivity index (χ3v) is 14.5. The van der Waals surface area contributed by atoms with E-state index < -0.39 is 0 Å². The molecule has 0 aliphatic heterocycles. The van der Waals surface area contributed by atoms with Crippen molar-refractivity contribution in [3.05, 3.63) is 276 Å². The molecule has 2 heteroatoms. The number of rotatable bonds is 10. The zero-order chi connectivity index (χ0) is 48.1. The molecule has 0 fully saturated rings. The molecule has 2 nitrogen and oxygen atoms in total. The summed E-state index contributed by atoms with van der Waals surface area (Å²) in [6.07, 6.45) is 8.79. The van der Waals surface area contributed by atoms with E-state index in [1.165, 1.54) is 98.3 Å². The fraction of sp³-hybridized carbons (Fsp3) is 0.0286. The Balaban J connectivity index is 1.05. The molecule has 0 amide bonds. The molecule has 13 aromatic rings. The second-order valence-electron chi connectivity index (χ2n) is 19.0. The summed E-state index contributed by atoms with van der Waals surface area (Å²) < 4.78 is 0. The first-order chi connectivity index (χ1) is 35.6. The van der Waals surface area contributed by atoms with E-state index in [0.29, 0.717) is 0 Å². The first-order valence-electron chi connectivity index (χ1n) is 24.9. The van der Waals surface area contributed by atoms with Gasteiger partial charge < -0.3 is 9.80 Å². The lowest BCUT2D eigenvalue weighted by atomic mass is 9.83. The van der Waals surface area contributed by atoms with Gasteiger partial charge in [-0.15, -0.1) is 0 Å². The van der Waals surface area contributed by atoms with E-state index in [2.05, 4.69) is 291 Å². The van der Waals surface area contributed by atoms with Gasteiger partial charge in [-0.1, -0.05) is 230 Å². The Morgan fingerprint density at radius 3 is 0.847 bits per heavy atom. The highest BCUT2D eigenvalue weighted by Gasteiger charge is 2.27. The predicted molar refractivity (Wildman–Crippen MR) is 312 cm³/mol. The Morgan fingerprint density at radius 1 is 0.222 bits per heavy atom. The molecule has 13 rings (SSSR count). The summed E-state index contributed by atoms with van der Waals surface area (Å²) in [7, 11) is 0. The summed E-state index contributed by atoms with van der Waals surface area (Å²) in [5.41, 5.74) is 14.0. The highest BCUT2D eigenvalue weighted by atomic mass is 15.2. The summed E-state index contributed by atoms with van der Waals surface area (Å²) in [6.45, 7) is 4.25. The van der Waals surface area contributed by atoms with Crippen molar-refractivity contribution in [2.24, 2.45) is 0 Å². The summed E-state index contributed by atoms with van der Waals surface area (Å²) in [5, 5.41) is 14.9. The largest absolute Gasteiger partial charge is 0.309 e. The van der Waals surface area contributed by atoms with Crippen molar-refractivity contribution in [1.29, 1.82) is 0 Å². The molecular formula is C70H50N2. The van der Waals surface area contributed by atoms with Crippen molar-refractivity contribution in [2.75, 3.05) is 9.80 Å². The molecule has 340 valence electrons. The average Bonchev–Trinajstić information content (AvgIpc) is 3.44. The van der Waals surface area contributed by atoms with E-state index in [0.717, 1.165) is 33.9 Å². The van der Waals surface area contributed by atoms with E-state index in [9.17, 15) is 0 Å². The van der Waals surface area contributed by atoms with Gasteiger partial charge in [-0.25, -0.2) is 0 Å². The number of anilines is 6. The van der Waals surface area contributed by atoms with Gasteiger partial charge in [-0.3, -0.25) is 0 Å². The minimum Gasteiger partial charge on any atom is -0.309 e. The molecule has 0 aliphatic carbocycles. The maximum Gasteiger partial charge on any atom is 0.0619 e. The molecule has 72 heavy (non-hydrogen) atoms. The van der Waals surface area contributed by atoms with Crippen molar-refractivity contribution < 1.29 is 0 Å². The van der Waals surface area contributed by atoms with Crippen LogP contribution in [0.15, 0.2) is 243 Å². The number of para-hydroxylation sites is 2. The minimum absolute atomic E-state index is 1.10. The maximum absolute atomic E-state index is 2.47. The molecule has 0 bridgehead atoms. The number of aryl methyl sites for hydroxylation is 2. The van der Waals surface area contributed by atoms with Gasteiger partial charge in [0, 0.05) is 55.1 Å². The first kappa shape index (κ1) is 42.8. The molecule has 0 atom stereocenters. The Labute approximate surface area is 420 Å². The van der Waals surface area contributed by atoms with Crippen molar-refractivity contribution in [2.45, 2.75) is 13.8 Å². The van der Waals surface area contributed by atoms with Crippen LogP contribution in [0, 0.1) is 13.8 Å². The van der Waals surface area contributed by atoms with Gasteiger partial charge in [0.1, 0.15) is 0 Å². The molecule has 0 saturated heterocycles. The van der Waals surface area contributed by atoms with Gasteiger partial charge >= 0.3 is 0 Å². The van der Waals surface area contributed by atoms with E-state index >= 15 is 0 Å². The van der Waals surface area contributed by atoms with Crippen LogP contribution in [0.5, 0.6) is 0 Å². The lowest BCUT2D eigenvalue weighted by molar-refractivity contribution is 1.31. The molecule has 0 spiro atoms. The highest BCUT2D eigenvalue weighted by molar-refractivity contribution is 6.46. The van der Waals surface area contributed by atoms with Gasteiger partial charge in [-0.05, 0) is 117 Å². The SMILES string of the molecule is Cc1ccc(/C=C/c2ccc(N(c3ccccc3)c3c4ccccc4c4c5c3cccc5c3cccc5c(N(c6ccccc6)c6ccc(/C=C/c7ccc(C)cc7)cc6)c6ccccc6c4c53)cc2)cc1. The van der Waals surface area contributed by atoms with Crippen LogP contribution in [-0.2, 0) is 0 Å². The molecule has 0 aromatic heterocycles. The van der Waals surface area contributed by atoms with Gasteiger partial charge in [0.25, 0.3) is 0 Å². The van der Waals surface area contributed by atoms with Gasteiger partial charge in [0.15, 0.2) is 0 Å². The third kappa shape index (κ3) is 7.44. The highest BCUT2D eigenvalue weighted by Crippen LogP contribution is 2.55. The zero-order valence-corrected chi connectivity index (χ0v) is 40.3. The smallest absolute Gasteiger partial charge is 0.0619 e. The number of nitrogens with zero attached hydrogens (tertiary/aromatic N) is 2. The Hall–Kier alpha value is -9.24. The van der Waals surface area contributed by atoms with Crippen LogP contribution >= 0.6 is 0 Å². The quantitative estimate of drug-likeness (QED) is 0.0766. The molecule has 0 aliphatic rings. The van der Waals surface area contributed by atoms with Gasteiger partial charge in [0.05, 0.1) is 11.4 Å². The maximum atomic E-state index is 2.47. The van der Waals surface area contributed by atoms with E-state index in [-0.39, 0.29) is 0 Å². The Morgan fingerprint density at radius 2 is 0.486 bits per heavy atom. The standard InChI is InChI=1S/C70H50N2/c1-47-27-31-49(32-28-47)35-37-51-39-43-55(44-40-51)71(53-15-5-3-6-16-53)69-61-21-11-9-19-59(61)67-65-57(23-13-25-63(65)69)58-24-14-26-64-66(58)68(67)60-20-10-12-22-62(60)70(64)72(54-17-7-4-8-18-54)56-45-41-52(42-46-56)38-36-50-33-29-48(2)30-34-50/h3-46H,1-2H3/b37-35+,38-36+. The second-order valence-corrected chi connectivity index (χ2v) is 19.0. The third-order valence-electron chi connectivity index (χ3n) is 14.5. The monoisotopic (exact) mass is 918 g/mol. The normalized spacial score (nSPS) is 11.9. The van der Waals surface area contributed by atoms with Crippen molar-refractivity contribution in [1.82, 2.24) is 0 Å². The number of hydrogen-bond acceptors (Lipinski definition) is 2. The molecule has 0 heterocycles. The summed E-state index contributed by atoms with van der Waals surface area (Å²) in [4.78, 5) is 4.94. The van der Waals surface area contributed by atoms with Crippen LogP contribution in [0.2, 0.25) is 0 Å². The summed E-state index contributed by atoms with van der Waals surface area (Å²) >= 11 is 0. The fourth-order valence-electron chi connectivity index (χ4n) is 11.0. The molecular weight excluding hydrogens is 869 g/mol. The zero-order valence-electron chi connectivity index (χ0n) is 40.3. The van der Waals surface area contributed by atoms with Crippen molar-refractivity contribution >= 4 is 123 Å². The lowest BCUT2D eigenvalue weighted by Crippen LogP contribution is -2.12.